The number of hydrogen-bond donors (Lipinski definition) is 2. The molecule has 0 atom stereocenters. The normalized spacial score (nSPS) is 10.9. The molecule has 2 aromatic carbocycles. The van der Waals surface area contributed by atoms with Gasteiger partial charge in [-0.2, -0.15) is 0 Å². The standard InChI is InChI=1S/C20H24N2O3/c1-14-9-11-15(12-10-14)25-17-8-6-5-7-16(17)22-18(23)13-21-19(24)20(2,3)4/h5-12H,13H2,1-4H3,(H,21,24)(H,22,23). The molecule has 0 aliphatic carbocycles. The fourth-order valence-electron chi connectivity index (χ4n) is 2.01. The van der Waals surface area contributed by atoms with E-state index in [2.05, 4.69) is 10.6 Å². The summed E-state index contributed by atoms with van der Waals surface area (Å²) in [7, 11) is 0. The molecule has 5 nitrogen and oxygen atoms in total. The molecule has 0 aliphatic heterocycles. The Labute approximate surface area is 148 Å². The Hall–Kier alpha value is -2.82. The number of nitrogens with one attached hydrogen (secondary N) is 2. The molecular formula is C20H24N2O3. The van der Waals surface area contributed by atoms with E-state index in [1.165, 1.54) is 0 Å². The number of para-hydroxylation sites is 2. The monoisotopic (exact) mass is 340 g/mol. The molecule has 132 valence electrons. The van der Waals surface area contributed by atoms with Gasteiger partial charge in [0.2, 0.25) is 11.8 Å². The number of carbonyl (C=O) groups is 2. The van der Waals surface area contributed by atoms with Crippen LogP contribution in [0, 0.1) is 12.3 Å². The second-order valence-corrected chi connectivity index (χ2v) is 6.89. The van der Waals surface area contributed by atoms with Gasteiger partial charge in [0.1, 0.15) is 5.75 Å². The molecule has 0 saturated carbocycles. The van der Waals surface area contributed by atoms with Crippen molar-refractivity contribution in [3.63, 3.8) is 0 Å². The second kappa shape index (κ2) is 7.83. The minimum absolute atomic E-state index is 0.0883. The fourth-order valence-corrected chi connectivity index (χ4v) is 2.01. The maximum absolute atomic E-state index is 12.1. The third kappa shape index (κ3) is 5.64. The molecule has 2 amide bonds. The van der Waals surface area contributed by atoms with Crippen LogP contribution < -0.4 is 15.4 Å². The zero-order chi connectivity index (χ0) is 18.4. The van der Waals surface area contributed by atoms with Gasteiger partial charge >= 0.3 is 0 Å². The first kappa shape index (κ1) is 18.5. The van der Waals surface area contributed by atoms with Gasteiger partial charge in [-0.15, -0.1) is 0 Å². The minimum Gasteiger partial charge on any atom is -0.455 e. The lowest BCUT2D eigenvalue weighted by atomic mass is 9.96. The zero-order valence-corrected chi connectivity index (χ0v) is 15.1. The highest BCUT2D eigenvalue weighted by Gasteiger charge is 2.21. The van der Waals surface area contributed by atoms with Crippen molar-refractivity contribution in [2.45, 2.75) is 27.7 Å². The summed E-state index contributed by atoms with van der Waals surface area (Å²) in [6.45, 7) is 7.31. The Kier molecular flexibility index (Phi) is 5.80. The number of amides is 2. The average Bonchev–Trinajstić information content (AvgIpc) is 2.55. The fraction of sp³-hybridized carbons (Fsp3) is 0.300. The van der Waals surface area contributed by atoms with E-state index >= 15 is 0 Å². The number of anilines is 1. The molecule has 0 radical (unpaired) electrons. The molecule has 2 N–H and O–H groups in total. The van der Waals surface area contributed by atoms with Gasteiger partial charge in [0.25, 0.3) is 0 Å². The number of hydrogen-bond acceptors (Lipinski definition) is 3. The van der Waals surface area contributed by atoms with E-state index in [1.54, 1.807) is 32.9 Å². The molecule has 0 spiro atoms. The maximum atomic E-state index is 12.1. The van der Waals surface area contributed by atoms with Crippen LogP contribution in [-0.2, 0) is 9.59 Å². The Morgan fingerprint density at radius 1 is 1.00 bits per heavy atom. The average molecular weight is 340 g/mol. The molecule has 0 saturated heterocycles. The molecular weight excluding hydrogens is 316 g/mol. The minimum atomic E-state index is -0.535. The van der Waals surface area contributed by atoms with Crippen molar-refractivity contribution in [2.75, 3.05) is 11.9 Å². The van der Waals surface area contributed by atoms with Gasteiger partial charge in [0, 0.05) is 5.41 Å². The number of ether oxygens (including phenoxy) is 1. The Morgan fingerprint density at radius 2 is 1.64 bits per heavy atom. The predicted molar refractivity (Wildman–Crippen MR) is 98.8 cm³/mol. The topological polar surface area (TPSA) is 67.4 Å². The lowest BCUT2D eigenvalue weighted by molar-refractivity contribution is -0.130. The summed E-state index contributed by atoms with van der Waals surface area (Å²) in [6.07, 6.45) is 0. The van der Waals surface area contributed by atoms with Crippen molar-refractivity contribution in [2.24, 2.45) is 5.41 Å². The molecule has 25 heavy (non-hydrogen) atoms. The van der Waals surface area contributed by atoms with Gasteiger partial charge < -0.3 is 15.4 Å². The highest BCUT2D eigenvalue weighted by Crippen LogP contribution is 2.29. The van der Waals surface area contributed by atoms with Crippen molar-refractivity contribution in [3.05, 3.63) is 54.1 Å². The van der Waals surface area contributed by atoms with Crippen LogP contribution >= 0.6 is 0 Å². The second-order valence-electron chi connectivity index (χ2n) is 6.89. The molecule has 0 bridgehead atoms. The summed E-state index contributed by atoms with van der Waals surface area (Å²) in [5.41, 5.74) is 1.16. The van der Waals surface area contributed by atoms with Crippen molar-refractivity contribution in [3.8, 4) is 11.5 Å². The van der Waals surface area contributed by atoms with E-state index in [-0.39, 0.29) is 18.4 Å². The highest BCUT2D eigenvalue weighted by molar-refractivity contribution is 5.96. The van der Waals surface area contributed by atoms with E-state index in [0.29, 0.717) is 17.2 Å². The number of rotatable bonds is 5. The van der Waals surface area contributed by atoms with Crippen LogP contribution in [0.1, 0.15) is 26.3 Å². The molecule has 0 heterocycles. The summed E-state index contributed by atoms with van der Waals surface area (Å²) in [5.74, 6) is 0.750. The highest BCUT2D eigenvalue weighted by atomic mass is 16.5. The number of benzene rings is 2. The Balaban J connectivity index is 2.01. The third-order valence-electron chi connectivity index (χ3n) is 3.50. The lowest BCUT2D eigenvalue weighted by Crippen LogP contribution is -2.39. The van der Waals surface area contributed by atoms with Crippen molar-refractivity contribution >= 4 is 17.5 Å². The van der Waals surface area contributed by atoms with E-state index in [0.717, 1.165) is 5.56 Å². The third-order valence-corrected chi connectivity index (χ3v) is 3.50. The summed E-state index contributed by atoms with van der Waals surface area (Å²) in [6, 6.07) is 14.8. The summed E-state index contributed by atoms with van der Waals surface area (Å²) in [5, 5.41) is 5.40. The first-order valence-electron chi connectivity index (χ1n) is 8.17. The van der Waals surface area contributed by atoms with E-state index in [4.69, 9.17) is 4.74 Å². The zero-order valence-electron chi connectivity index (χ0n) is 15.1. The lowest BCUT2D eigenvalue weighted by Gasteiger charge is -2.17. The van der Waals surface area contributed by atoms with Crippen LogP contribution in [0.5, 0.6) is 11.5 Å². The molecule has 2 aromatic rings. The van der Waals surface area contributed by atoms with Gasteiger partial charge in [-0.25, -0.2) is 0 Å². The van der Waals surface area contributed by atoms with Crippen LogP contribution in [0.3, 0.4) is 0 Å². The summed E-state index contributed by atoms with van der Waals surface area (Å²) in [4.78, 5) is 24.0. The summed E-state index contributed by atoms with van der Waals surface area (Å²) < 4.78 is 5.84. The molecule has 0 aromatic heterocycles. The Morgan fingerprint density at radius 3 is 2.28 bits per heavy atom. The van der Waals surface area contributed by atoms with Gasteiger partial charge in [-0.05, 0) is 31.2 Å². The van der Waals surface area contributed by atoms with Crippen LogP contribution in [-0.4, -0.2) is 18.4 Å². The molecule has 5 heteroatoms. The maximum Gasteiger partial charge on any atom is 0.243 e. The van der Waals surface area contributed by atoms with Crippen LogP contribution in [0.15, 0.2) is 48.5 Å². The van der Waals surface area contributed by atoms with Crippen molar-refractivity contribution in [1.29, 1.82) is 0 Å². The van der Waals surface area contributed by atoms with Gasteiger partial charge in [-0.3, -0.25) is 9.59 Å². The summed E-state index contributed by atoms with van der Waals surface area (Å²) >= 11 is 0. The SMILES string of the molecule is Cc1ccc(Oc2ccccc2NC(=O)CNC(=O)C(C)(C)C)cc1. The van der Waals surface area contributed by atoms with Crippen molar-refractivity contribution < 1.29 is 14.3 Å². The van der Waals surface area contributed by atoms with E-state index < -0.39 is 5.41 Å². The first-order chi connectivity index (χ1) is 11.8. The molecule has 0 unspecified atom stereocenters. The first-order valence-corrected chi connectivity index (χ1v) is 8.17. The van der Waals surface area contributed by atoms with Gasteiger partial charge in [0.15, 0.2) is 5.75 Å². The van der Waals surface area contributed by atoms with Gasteiger partial charge in [-0.1, -0.05) is 50.6 Å². The number of aryl methyl sites for hydroxylation is 1. The van der Waals surface area contributed by atoms with E-state index in [9.17, 15) is 9.59 Å². The molecule has 2 rings (SSSR count). The quantitative estimate of drug-likeness (QED) is 0.868. The molecule has 0 fully saturated rings. The van der Waals surface area contributed by atoms with Crippen molar-refractivity contribution in [1.82, 2.24) is 5.32 Å². The smallest absolute Gasteiger partial charge is 0.243 e. The van der Waals surface area contributed by atoms with Crippen LogP contribution in [0.2, 0.25) is 0 Å². The number of carbonyl (C=O) groups excluding carboxylic acids is 2. The van der Waals surface area contributed by atoms with Crippen LogP contribution in [0.25, 0.3) is 0 Å². The van der Waals surface area contributed by atoms with Gasteiger partial charge in [0.05, 0.1) is 12.2 Å². The Bertz CT molecular complexity index is 746. The largest absolute Gasteiger partial charge is 0.455 e. The van der Waals surface area contributed by atoms with Crippen LogP contribution in [0.4, 0.5) is 5.69 Å². The van der Waals surface area contributed by atoms with E-state index in [1.807, 2.05) is 43.3 Å². The molecule has 0 aliphatic rings. The predicted octanol–water partition coefficient (Wildman–Crippen LogP) is 3.89.